The number of thioether (sulfide) groups is 1. The molecule has 0 spiro atoms. The number of methoxy groups -OCH3 is 2. The molecule has 10 heteroatoms. The first-order valence-corrected chi connectivity index (χ1v) is 12.5. The third-order valence-corrected chi connectivity index (χ3v) is 8.10. The van der Waals surface area contributed by atoms with Crippen LogP contribution in [0.15, 0.2) is 28.2 Å². The van der Waals surface area contributed by atoms with Gasteiger partial charge in [-0.3, -0.25) is 9.89 Å². The van der Waals surface area contributed by atoms with Crippen molar-refractivity contribution in [3.8, 4) is 22.9 Å². The average molecular weight is 484 g/mol. The molecule has 0 aliphatic heterocycles. The number of nitrogens with one attached hydrogen (secondary N) is 2. The van der Waals surface area contributed by atoms with E-state index in [0.717, 1.165) is 35.0 Å². The van der Waals surface area contributed by atoms with Crippen LogP contribution < -0.4 is 15.0 Å². The summed E-state index contributed by atoms with van der Waals surface area (Å²) in [5, 5.41) is 8.54. The van der Waals surface area contributed by atoms with Gasteiger partial charge in [0.25, 0.3) is 5.56 Å². The van der Waals surface area contributed by atoms with Crippen LogP contribution in [0.25, 0.3) is 21.6 Å². The first kappa shape index (κ1) is 22.0. The fraction of sp³-hybridized carbons (Fsp3) is 0.391. The van der Waals surface area contributed by atoms with Crippen molar-refractivity contribution in [3.05, 3.63) is 44.8 Å². The number of aromatic nitrogens is 5. The quantitative estimate of drug-likeness (QED) is 0.381. The number of nitrogens with zero attached hydrogens (tertiary/aromatic N) is 3. The molecule has 3 heterocycles. The van der Waals surface area contributed by atoms with E-state index in [2.05, 4.69) is 27.1 Å². The zero-order chi connectivity index (χ0) is 23.1. The monoisotopic (exact) mass is 483 g/mol. The molecule has 5 rings (SSSR count). The summed E-state index contributed by atoms with van der Waals surface area (Å²) in [7, 11) is 3.22. The minimum atomic E-state index is -0.124. The van der Waals surface area contributed by atoms with Crippen LogP contribution in [0.5, 0.6) is 11.5 Å². The van der Waals surface area contributed by atoms with Gasteiger partial charge >= 0.3 is 0 Å². The Morgan fingerprint density at radius 3 is 2.88 bits per heavy atom. The van der Waals surface area contributed by atoms with Crippen molar-refractivity contribution < 1.29 is 9.47 Å². The van der Waals surface area contributed by atoms with E-state index in [-0.39, 0.29) is 10.8 Å². The van der Waals surface area contributed by atoms with Gasteiger partial charge in [0.1, 0.15) is 22.2 Å². The van der Waals surface area contributed by atoms with Crippen molar-refractivity contribution in [3.63, 3.8) is 0 Å². The number of aryl methyl sites for hydroxylation is 1. The van der Waals surface area contributed by atoms with Gasteiger partial charge in [0.15, 0.2) is 5.82 Å². The topological polar surface area (TPSA) is 106 Å². The summed E-state index contributed by atoms with van der Waals surface area (Å²) in [6.07, 6.45) is 3.11. The van der Waals surface area contributed by atoms with Crippen molar-refractivity contribution in [1.82, 2.24) is 25.1 Å². The summed E-state index contributed by atoms with van der Waals surface area (Å²) in [5.41, 5.74) is 1.94. The number of rotatable bonds is 6. The molecule has 0 bridgehead atoms. The smallest absolute Gasteiger partial charge is 0.259 e. The standard InChI is InChI=1S/C23H25N5O3S2/c1-11-5-7-15-17(9-11)33-22-18(15)21(29)24-19(25-22)12(2)32-23-26-20(27-28-23)14-8-6-13(30-3)10-16(14)31-4/h6,8,10-12H,5,7,9H2,1-4H3,(H,24,25,29)(H,26,27,28). The second kappa shape index (κ2) is 8.83. The van der Waals surface area contributed by atoms with E-state index >= 15 is 0 Å². The Labute approximate surface area is 199 Å². The van der Waals surface area contributed by atoms with Gasteiger partial charge in [0.05, 0.1) is 30.4 Å². The molecule has 172 valence electrons. The van der Waals surface area contributed by atoms with Gasteiger partial charge in [-0.2, -0.15) is 0 Å². The van der Waals surface area contributed by atoms with Crippen molar-refractivity contribution >= 4 is 33.3 Å². The van der Waals surface area contributed by atoms with Crippen LogP contribution in [0.3, 0.4) is 0 Å². The molecule has 1 aliphatic rings. The van der Waals surface area contributed by atoms with E-state index in [9.17, 15) is 4.79 Å². The summed E-state index contributed by atoms with van der Waals surface area (Å²) < 4.78 is 10.7. The van der Waals surface area contributed by atoms with E-state index in [4.69, 9.17) is 14.5 Å². The third kappa shape index (κ3) is 4.13. The van der Waals surface area contributed by atoms with E-state index < -0.39 is 0 Å². The molecule has 1 aromatic carbocycles. The second-order valence-corrected chi connectivity index (χ2v) is 10.7. The van der Waals surface area contributed by atoms with Crippen LogP contribution in [0.4, 0.5) is 0 Å². The third-order valence-electron chi connectivity index (χ3n) is 5.98. The zero-order valence-electron chi connectivity index (χ0n) is 18.9. The number of hydrogen-bond donors (Lipinski definition) is 2. The Morgan fingerprint density at radius 2 is 2.09 bits per heavy atom. The molecular formula is C23H25N5O3S2. The van der Waals surface area contributed by atoms with E-state index in [0.29, 0.717) is 34.2 Å². The molecule has 2 unspecified atom stereocenters. The number of aromatic amines is 2. The molecule has 3 aromatic heterocycles. The molecule has 0 amide bonds. The van der Waals surface area contributed by atoms with E-state index in [1.165, 1.54) is 22.2 Å². The van der Waals surface area contributed by atoms with Crippen LogP contribution in [-0.4, -0.2) is 39.4 Å². The van der Waals surface area contributed by atoms with Crippen LogP contribution >= 0.6 is 23.1 Å². The largest absolute Gasteiger partial charge is 0.497 e. The van der Waals surface area contributed by atoms with E-state index in [1.807, 2.05) is 19.1 Å². The minimum Gasteiger partial charge on any atom is -0.497 e. The van der Waals surface area contributed by atoms with Gasteiger partial charge in [-0.15, -0.1) is 16.4 Å². The maximum absolute atomic E-state index is 12.9. The van der Waals surface area contributed by atoms with Crippen LogP contribution in [0.1, 0.15) is 41.8 Å². The maximum atomic E-state index is 12.9. The highest BCUT2D eigenvalue weighted by atomic mass is 32.2. The normalized spacial score (nSPS) is 16.5. The maximum Gasteiger partial charge on any atom is 0.259 e. The summed E-state index contributed by atoms with van der Waals surface area (Å²) >= 11 is 3.10. The van der Waals surface area contributed by atoms with E-state index in [1.54, 1.807) is 31.6 Å². The lowest BCUT2D eigenvalue weighted by Gasteiger charge is -2.17. The molecule has 2 atom stereocenters. The van der Waals surface area contributed by atoms with Crippen LogP contribution in [-0.2, 0) is 12.8 Å². The predicted molar refractivity (Wildman–Crippen MR) is 131 cm³/mol. The lowest BCUT2D eigenvalue weighted by atomic mass is 9.89. The van der Waals surface area contributed by atoms with Gasteiger partial charge in [-0.05, 0) is 49.8 Å². The summed E-state index contributed by atoms with van der Waals surface area (Å²) in [6.45, 7) is 4.26. The number of thiophene rings is 1. The van der Waals surface area contributed by atoms with Crippen molar-refractivity contribution in [1.29, 1.82) is 0 Å². The molecule has 0 radical (unpaired) electrons. The predicted octanol–water partition coefficient (Wildman–Crippen LogP) is 4.77. The molecule has 2 N–H and O–H groups in total. The minimum absolute atomic E-state index is 0.0480. The zero-order valence-corrected chi connectivity index (χ0v) is 20.5. The van der Waals surface area contributed by atoms with Gasteiger partial charge in [-0.25, -0.2) is 9.97 Å². The average Bonchev–Trinajstić information content (AvgIpc) is 3.42. The highest BCUT2D eigenvalue weighted by molar-refractivity contribution is 7.99. The van der Waals surface area contributed by atoms with Gasteiger partial charge in [-0.1, -0.05) is 18.7 Å². The number of hydrogen-bond acceptors (Lipinski definition) is 8. The Kier molecular flexibility index (Phi) is 5.88. The molecule has 1 aliphatic carbocycles. The first-order chi connectivity index (χ1) is 16.0. The Balaban J connectivity index is 1.40. The number of benzene rings is 1. The van der Waals surface area contributed by atoms with Gasteiger partial charge < -0.3 is 14.5 Å². The highest BCUT2D eigenvalue weighted by Crippen LogP contribution is 2.38. The molecular weight excluding hydrogens is 458 g/mol. The summed E-state index contributed by atoms with van der Waals surface area (Å²) in [4.78, 5) is 27.5. The highest BCUT2D eigenvalue weighted by Gasteiger charge is 2.24. The Hall–Kier alpha value is -2.85. The Morgan fingerprint density at radius 1 is 1.24 bits per heavy atom. The fourth-order valence-electron chi connectivity index (χ4n) is 4.19. The molecule has 0 fully saturated rings. The SMILES string of the molecule is COc1ccc(-c2nc(SC(C)c3nc4sc5c(c4c(=O)[nH]3)CCC(C)C5)n[nH]2)c(OC)c1. The Bertz CT molecular complexity index is 1380. The number of H-pyrrole nitrogens is 2. The van der Waals surface area contributed by atoms with Crippen LogP contribution in [0, 0.1) is 5.92 Å². The van der Waals surface area contributed by atoms with Crippen molar-refractivity contribution in [2.75, 3.05) is 14.2 Å². The van der Waals surface area contributed by atoms with Gasteiger partial charge in [0.2, 0.25) is 5.16 Å². The molecule has 33 heavy (non-hydrogen) atoms. The first-order valence-electron chi connectivity index (χ1n) is 10.8. The van der Waals surface area contributed by atoms with Crippen LogP contribution in [0.2, 0.25) is 0 Å². The lowest BCUT2D eigenvalue weighted by Crippen LogP contribution is -2.15. The number of fused-ring (bicyclic) bond motifs is 3. The molecule has 8 nitrogen and oxygen atoms in total. The summed E-state index contributed by atoms with van der Waals surface area (Å²) in [6, 6.07) is 5.53. The fourth-order valence-corrected chi connectivity index (χ4v) is 6.36. The molecule has 0 saturated heterocycles. The number of ether oxygens (including phenoxy) is 2. The summed E-state index contributed by atoms with van der Waals surface area (Å²) in [5.74, 6) is 3.23. The lowest BCUT2D eigenvalue weighted by molar-refractivity contribution is 0.395. The van der Waals surface area contributed by atoms with Crippen molar-refractivity contribution in [2.45, 2.75) is 43.5 Å². The molecule has 4 aromatic rings. The van der Waals surface area contributed by atoms with Gasteiger partial charge in [0, 0.05) is 10.9 Å². The second-order valence-electron chi connectivity index (χ2n) is 8.28. The van der Waals surface area contributed by atoms with Crippen molar-refractivity contribution in [2.24, 2.45) is 5.92 Å². The molecule has 0 saturated carbocycles.